The highest BCUT2D eigenvalue weighted by atomic mass is 32.1. The minimum atomic E-state index is -0.246. The van der Waals surface area contributed by atoms with E-state index in [-0.39, 0.29) is 5.56 Å². The van der Waals surface area contributed by atoms with Crippen LogP contribution in [0.3, 0.4) is 0 Å². The molecule has 1 fully saturated rings. The van der Waals surface area contributed by atoms with Gasteiger partial charge in [-0.05, 0) is 63.2 Å². The molecule has 0 spiro atoms. The first-order chi connectivity index (χ1) is 16.2. The van der Waals surface area contributed by atoms with Gasteiger partial charge in [0, 0.05) is 40.6 Å². The first-order valence-electron chi connectivity index (χ1n) is 10.8. The predicted octanol–water partition coefficient (Wildman–Crippen LogP) is 3.52. The van der Waals surface area contributed by atoms with Crippen molar-refractivity contribution >= 4 is 39.7 Å². The number of rotatable bonds is 5. The molecule has 0 radical (unpaired) electrons. The summed E-state index contributed by atoms with van der Waals surface area (Å²) in [5, 5.41) is 13.3. The van der Waals surface area contributed by atoms with Crippen LogP contribution in [0.2, 0.25) is 0 Å². The fourth-order valence-electron chi connectivity index (χ4n) is 3.87. The SMILES string of the molecule is CC#Cc1cc2cnc(Nc3ccc(NC4CCNCC4)cc3)nc2n(-c2nccs2)c1=O. The quantitative estimate of drug-likeness (QED) is 0.395. The van der Waals surface area contributed by atoms with Crippen molar-refractivity contribution in [2.45, 2.75) is 25.8 Å². The topological polar surface area (TPSA) is 96.8 Å². The Balaban J connectivity index is 1.44. The van der Waals surface area contributed by atoms with Crippen LogP contribution in [0.4, 0.5) is 17.3 Å². The smallest absolute Gasteiger partial charge is 0.274 e. The van der Waals surface area contributed by atoms with Crippen LogP contribution in [0.25, 0.3) is 16.2 Å². The molecular weight excluding hydrogens is 434 g/mol. The second-order valence-electron chi connectivity index (χ2n) is 7.73. The van der Waals surface area contributed by atoms with Gasteiger partial charge in [0.15, 0.2) is 10.8 Å². The molecule has 0 saturated carbocycles. The van der Waals surface area contributed by atoms with E-state index in [1.165, 1.54) is 15.9 Å². The van der Waals surface area contributed by atoms with Crippen molar-refractivity contribution in [3.8, 4) is 17.0 Å². The van der Waals surface area contributed by atoms with Crippen molar-refractivity contribution < 1.29 is 0 Å². The van der Waals surface area contributed by atoms with Gasteiger partial charge in [-0.1, -0.05) is 5.92 Å². The Bertz CT molecular complexity index is 1380. The highest BCUT2D eigenvalue weighted by Crippen LogP contribution is 2.22. The molecule has 166 valence electrons. The summed E-state index contributed by atoms with van der Waals surface area (Å²) in [5.74, 6) is 6.07. The van der Waals surface area contributed by atoms with Gasteiger partial charge in [0.2, 0.25) is 5.95 Å². The summed E-state index contributed by atoms with van der Waals surface area (Å²) in [6.07, 6.45) is 5.60. The summed E-state index contributed by atoms with van der Waals surface area (Å²) in [6.45, 7) is 3.80. The number of fused-ring (bicyclic) bond motifs is 1. The molecule has 5 rings (SSSR count). The monoisotopic (exact) mass is 457 g/mol. The second kappa shape index (κ2) is 9.40. The van der Waals surface area contributed by atoms with Crippen LogP contribution in [-0.2, 0) is 0 Å². The minimum absolute atomic E-state index is 0.246. The van der Waals surface area contributed by atoms with Gasteiger partial charge < -0.3 is 16.0 Å². The van der Waals surface area contributed by atoms with Crippen LogP contribution in [0.1, 0.15) is 25.3 Å². The van der Waals surface area contributed by atoms with Gasteiger partial charge in [-0.3, -0.25) is 4.79 Å². The molecule has 1 aliphatic heterocycles. The van der Waals surface area contributed by atoms with E-state index in [9.17, 15) is 4.79 Å². The highest BCUT2D eigenvalue weighted by molar-refractivity contribution is 7.12. The molecule has 8 nitrogen and oxygen atoms in total. The van der Waals surface area contributed by atoms with Gasteiger partial charge in [-0.2, -0.15) is 4.98 Å². The number of aromatic nitrogens is 4. The van der Waals surface area contributed by atoms with Gasteiger partial charge in [0.25, 0.3) is 5.56 Å². The van der Waals surface area contributed by atoms with E-state index in [1.54, 1.807) is 25.4 Å². The lowest BCUT2D eigenvalue weighted by molar-refractivity contribution is 0.479. The maximum atomic E-state index is 13.1. The molecule has 3 aromatic heterocycles. The third-order valence-electron chi connectivity index (χ3n) is 5.46. The Kier molecular flexibility index (Phi) is 6.02. The molecule has 4 heterocycles. The Morgan fingerprint density at radius 3 is 2.67 bits per heavy atom. The zero-order chi connectivity index (χ0) is 22.6. The van der Waals surface area contributed by atoms with Crippen molar-refractivity contribution in [1.29, 1.82) is 0 Å². The second-order valence-corrected chi connectivity index (χ2v) is 8.60. The lowest BCUT2D eigenvalue weighted by Crippen LogP contribution is -2.35. The van der Waals surface area contributed by atoms with Crippen molar-refractivity contribution in [1.82, 2.24) is 24.8 Å². The molecule has 0 unspecified atom stereocenters. The van der Waals surface area contributed by atoms with Crippen LogP contribution < -0.4 is 21.5 Å². The van der Waals surface area contributed by atoms with Gasteiger partial charge in [-0.15, -0.1) is 17.3 Å². The fourth-order valence-corrected chi connectivity index (χ4v) is 4.51. The number of anilines is 3. The van der Waals surface area contributed by atoms with E-state index in [1.807, 2.05) is 29.6 Å². The number of hydrogen-bond donors (Lipinski definition) is 3. The highest BCUT2D eigenvalue weighted by Gasteiger charge is 2.15. The zero-order valence-electron chi connectivity index (χ0n) is 18.1. The van der Waals surface area contributed by atoms with Gasteiger partial charge in [0.1, 0.15) is 0 Å². The van der Waals surface area contributed by atoms with Gasteiger partial charge in [0.05, 0.1) is 5.56 Å². The third kappa shape index (κ3) is 4.58. The molecule has 0 atom stereocenters. The van der Waals surface area contributed by atoms with Crippen molar-refractivity contribution in [2.24, 2.45) is 0 Å². The molecule has 9 heteroatoms. The summed E-state index contributed by atoms with van der Waals surface area (Å²) < 4.78 is 1.50. The summed E-state index contributed by atoms with van der Waals surface area (Å²) >= 11 is 1.37. The predicted molar refractivity (Wildman–Crippen MR) is 133 cm³/mol. The Morgan fingerprint density at radius 1 is 1.15 bits per heavy atom. The van der Waals surface area contributed by atoms with E-state index < -0.39 is 0 Å². The molecule has 1 saturated heterocycles. The van der Waals surface area contributed by atoms with E-state index >= 15 is 0 Å². The number of pyridine rings is 1. The number of nitrogens with zero attached hydrogens (tertiary/aromatic N) is 4. The molecule has 4 aromatic rings. The Hall–Kier alpha value is -3.74. The normalized spacial score (nSPS) is 14.0. The van der Waals surface area contributed by atoms with Gasteiger partial charge >= 0.3 is 0 Å². The number of benzene rings is 1. The fraction of sp³-hybridized carbons (Fsp3) is 0.250. The average molecular weight is 458 g/mol. The van der Waals surface area contributed by atoms with Crippen LogP contribution in [0.15, 0.2) is 52.9 Å². The summed E-state index contributed by atoms with van der Waals surface area (Å²) in [5.41, 5.74) is 2.58. The maximum Gasteiger partial charge on any atom is 0.274 e. The Labute approximate surface area is 195 Å². The van der Waals surface area contributed by atoms with Crippen molar-refractivity contribution in [3.63, 3.8) is 0 Å². The molecule has 1 aromatic carbocycles. The van der Waals surface area contributed by atoms with Crippen LogP contribution in [-0.4, -0.2) is 38.7 Å². The number of nitrogens with one attached hydrogen (secondary N) is 3. The number of piperidine rings is 1. The third-order valence-corrected chi connectivity index (χ3v) is 6.22. The molecular formula is C24H23N7OS. The molecule has 0 bridgehead atoms. The lowest BCUT2D eigenvalue weighted by atomic mass is 10.1. The number of thiazole rings is 1. The molecule has 1 aliphatic rings. The summed E-state index contributed by atoms with van der Waals surface area (Å²) in [6, 6.07) is 10.3. The maximum absolute atomic E-state index is 13.1. The molecule has 0 amide bonds. The Morgan fingerprint density at radius 2 is 1.94 bits per heavy atom. The van der Waals surface area contributed by atoms with E-state index in [0.717, 1.165) is 42.7 Å². The molecule has 0 aliphatic carbocycles. The van der Waals surface area contributed by atoms with Gasteiger partial charge in [-0.25, -0.2) is 14.5 Å². The number of hydrogen-bond acceptors (Lipinski definition) is 8. The zero-order valence-corrected chi connectivity index (χ0v) is 18.9. The molecule has 3 N–H and O–H groups in total. The average Bonchev–Trinajstić information content (AvgIpc) is 3.36. The van der Waals surface area contributed by atoms with Crippen LogP contribution >= 0.6 is 11.3 Å². The first kappa shape index (κ1) is 21.1. The van der Waals surface area contributed by atoms with Crippen LogP contribution in [0.5, 0.6) is 0 Å². The standard InChI is InChI=1S/C24H23N7OS/c1-2-3-16-14-17-15-27-23(30-21(17)31(22(16)32)24-26-12-13-33-24)29-19-6-4-18(5-7-19)28-20-8-10-25-11-9-20/h4-7,12-15,20,25,28H,8-11H2,1H3,(H,27,29,30). The minimum Gasteiger partial charge on any atom is -0.382 e. The van der Waals surface area contributed by atoms with Crippen molar-refractivity contribution in [3.05, 3.63) is 64.0 Å². The largest absolute Gasteiger partial charge is 0.382 e. The van der Waals surface area contributed by atoms with Crippen molar-refractivity contribution in [2.75, 3.05) is 23.7 Å². The van der Waals surface area contributed by atoms with E-state index in [4.69, 9.17) is 0 Å². The molecule has 33 heavy (non-hydrogen) atoms. The lowest BCUT2D eigenvalue weighted by Gasteiger charge is -2.24. The van der Waals surface area contributed by atoms with E-state index in [2.05, 4.69) is 42.7 Å². The van der Waals surface area contributed by atoms with Crippen LogP contribution in [0, 0.1) is 11.8 Å². The first-order valence-corrected chi connectivity index (χ1v) is 11.7. The van der Waals surface area contributed by atoms with E-state index in [0.29, 0.717) is 28.3 Å². The summed E-state index contributed by atoms with van der Waals surface area (Å²) in [7, 11) is 0. The summed E-state index contributed by atoms with van der Waals surface area (Å²) in [4.78, 5) is 26.5.